The first kappa shape index (κ1) is 18.1. The fraction of sp³-hybridized carbons (Fsp3) is 0.250. The highest BCUT2D eigenvalue weighted by molar-refractivity contribution is 6.46. The Bertz CT molecular complexity index is 881. The third-order valence-corrected chi connectivity index (χ3v) is 4.63. The number of aliphatic imine (C=N–C) groups is 1. The van der Waals surface area contributed by atoms with E-state index in [2.05, 4.69) is 10.3 Å². The fourth-order valence-electron chi connectivity index (χ4n) is 2.97. The number of hydrogen-bond acceptors (Lipinski definition) is 4. The van der Waals surface area contributed by atoms with Gasteiger partial charge in [-0.05, 0) is 31.1 Å². The molecule has 1 heterocycles. The van der Waals surface area contributed by atoms with Crippen LogP contribution >= 0.6 is 11.6 Å². The molecule has 1 atom stereocenters. The van der Waals surface area contributed by atoms with Gasteiger partial charge in [-0.15, -0.1) is 0 Å². The van der Waals surface area contributed by atoms with E-state index in [1.54, 1.807) is 19.1 Å². The summed E-state index contributed by atoms with van der Waals surface area (Å²) in [6.07, 6.45) is 5.33. The lowest BCUT2D eigenvalue weighted by molar-refractivity contribution is -0.140. The monoisotopic (exact) mass is 370 g/mol. The van der Waals surface area contributed by atoms with E-state index in [4.69, 9.17) is 16.3 Å². The van der Waals surface area contributed by atoms with Gasteiger partial charge in [0.15, 0.2) is 0 Å². The first-order valence-corrected chi connectivity index (χ1v) is 8.77. The molecule has 1 amide bonds. The van der Waals surface area contributed by atoms with Gasteiger partial charge in [0.05, 0.1) is 23.3 Å². The molecular weight excluding hydrogens is 352 g/mol. The Morgan fingerprint density at radius 2 is 2.12 bits per heavy atom. The van der Waals surface area contributed by atoms with Crippen LogP contribution in [0.25, 0.3) is 0 Å². The molecule has 0 aromatic heterocycles. The van der Waals surface area contributed by atoms with E-state index in [1.165, 1.54) is 0 Å². The molecule has 0 saturated heterocycles. The predicted molar refractivity (Wildman–Crippen MR) is 101 cm³/mol. The number of carbonyl (C=O) groups is 2. The molecule has 0 spiro atoms. The molecule has 134 valence electrons. The van der Waals surface area contributed by atoms with Gasteiger partial charge in [-0.25, -0.2) is 9.79 Å². The second-order valence-corrected chi connectivity index (χ2v) is 6.38. The Hall–Kier alpha value is -2.66. The lowest BCUT2D eigenvalue weighted by Gasteiger charge is -2.27. The first-order chi connectivity index (χ1) is 12.5. The van der Waals surface area contributed by atoms with Crippen molar-refractivity contribution in [2.45, 2.75) is 20.4 Å². The molecule has 2 aliphatic rings. The number of nitrogens with one attached hydrogen (secondary N) is 1. The summed E-state index contributed by atoms with van der Waals surface area (Å²) in [5.74, 6) is -1.69. The maximum atomic E-state index is 12.5. The van der Waals surface area contributed by atoms with Crippen molar-refractivity contribution in [1.82, 2.24) is 5.32 Å². The number of esters is 1. The molecule has 5 nitrogen and oxygen atoms in total. The minimum Gasteiger partial charge on any atom is -0.462 e. The van der Waals surface area contributed by atoms with Crippen molar-refractivity contribution in [2.75, 3.05) is 6.61 Å². The highest BCUT2D eigenvalue weighted by atomic mass is 35.5. The zero-order chi connectivity index (χ0) is 18.7. The topological polar surface area (TPSA) is 67.8 Å². The predicted octanol–water partition coefficient (Wildman–Crippen LogP) is 3.19. The molecule has 0 fully saturated rings. The van der Waals surface area contributed by atoms with Gasteiger partial charge in [0.2, 0.25) is 0 Å². The Morgan fingerprint density at radius 1 is 1.35 bits per heavy atom. The van der Waals surface area contributed by atoms with E-state index in [0.29, 0.717) is 23.0 Å². The average molecular weight is 371 g/mol. The zero-order valence-corrected chi connectivity index (χ0v) is 15.3. The van der Waals surface area contributed by atoms with Crippen molar-refractivity contribution in [2.24, 2.45) is 10.9 Å². The van der Waals surface area contributed by atoms with Crippen LogP contribution in [-0.4, -0.2) is 24.2 Å². The number of allylic oxidation sites excluding steroid dienone is 4. The molecule has 1 N–H and O–H groups in total. The summed E-state index contributed by atoms with van der Waals surface area (Å²) in [6.45, 7) is 4.35. The minimum absolute atomic E-state index is 0.0646. The molecule has 26 heavy (non-hydrogen) atoms. The normalized spacial score (nSPS) is 18.9. The van der Waals surface area contributed by atoms with Crippen molar-refractivity contribution in [3.63, 3.8) is 0 Å². The molecule has 1 aliphatic carbocycles. The smallest absolute Gasteiger partial charge is 0.345 e. The Kier molecular flexibility index (Phi) is 5.38. The van der Waals surface area contributed by atoms with Crippen LogP contribution in [0.1, 0.15) is 18.1 Å². The second-order valence-electron chi connectivity index (χ2n) is 5.97. The van der Waals surface area contributed by atoms with E-state index in [1.807, 2.05) is 37.3 Å². The van der Waals surface area contributed by atoms with Gasteiger partial charge in [0, 0.05) is 12.2 Å². The zero-order valence-electron chi connectivity index (χ0n) is 14.6. The van der Waals surface area contributed by atoms with E-state index in [0.717, 1.165) is 11.1 Å². The van der Waals surface area contributed by atoms with Gasteiger partial charge < -0.3 is 10.1 Å². The van der Waals surface area contributed by atoms with Gasteiger partial charge in [-0.2, -0.15) is 0 Å². The summed E-state index contributed by atoms with van der Waals surface area (Å²) in [7, 11) is 0. The summed E-state index contributed by atoms with van der Waals surface area (Å²) in [6, 6.07) is 7.92. The number of aryl methyl sites for hydroxylation is 1. The second kappa shape index (κ2) is 7.70. The number of fused-ring (bicyclic) bond motifs is 1. The number of carbonyl (C=O) groups excluding carboxylic acids is 2. The SMILES string of the molecule is CCOC(=O)C1=C(NCc2ccccc2C)C2C=CC=C(Cl)C2=NC1=O. The van der Waals surface area contributed by atoms with Gasteiger partial charge in [0.1, 0.15) is 5.57 Å². The molecule has 6 heteroatoms. The lowest BCUT2D eigenvalue weighted by atomic mass is 9.88. The highest BCUT2D eigenvalue weighted by Crippen LogP contribution is 2.31. The van der Waals surface area contributed by atoms with Crippen LogP contribution in [-0.2, 0) is 20.9 Å². The molecule has 0 radical (unpaired) electrons. The van der Waals surface area contributed by atoms with Gasteiger partial charge in [0.25, 0.3) is 5.91 Å². The van der Waals surface area contributed by atoms with Crippen molar-refractivity contribution >= 4 is 29.2 Å². The summed E-state index contributed by atoms with van der Waals surface area (Å²) >= 11 is 6.21. The Balaban J connectivity index is 1.99. The average Bonchev–Trinajstić information content (AvgIpc) is 2.61. The molecule has 1 aliphatic heterocycles. The summed E-state index contributed by atoms with van der Waals surface area (Å²) in [5.41, 5.74) is 3.04. The molecule has 1 aromatic rings. The van der Waals surface area contributed by atoms with Gasteiger partial charge >= 0.3 is 5.97 Å². The van der Waals surface area contributed by atoms with Crippen molar-refractivity contribution in [1.29, 1.82) is 0 Å². The number of amides is 1. The van der Waals surface area contributed by atoms with E-state index >= 15 is 0 Å². The summed E-state index contributed by atoms with van der Waals surface area (Å²) in [4.78, 5) is 28.9. The first-order valence-electron chi connectivity index (χ1n) is 8.39. The molecule has 1 aromatic carbocycles. The van der Waals surface area contributed by atoms with Crippen molar-refractivity contribution in [3.8, 4) is 0 Å². The van der Waals surface area contributed by atoms with Crippen LogP contribution < -0.4 is 5.32 Å². The van der Waals surface area contributed by atoms with Crippen LogP contribution in [0.15, 0.2) is 63.8 Å². The van der Waals surface area contributed by atoms with Gasteiger partial charge in [-0.1, -0.05) is 48.0 Å². The van der Waals surface area contributed by atoms with Crippen LogP contribution in [0.2, 0.25) is 0 Å². The third-order valence-electron chi connectivity index (χ3n) is 4.31. The van der Waals surface area contributed by atoms with Crippen LogP contribution in [0.4, 0.5) is 0 Å². The molecule has 0 saturated carbocycles. The Morgan fingerprint density at radius 3 is 2.85 bits per heavy atom. The Labute approximate surface area is 157 Å². The van der Waals surface area contributed by atoms with E-state index < -0.39 is 11.9 Å². The van der Waals surface area contributed by atoms with E-state index in [9.17, 15) is 9.59 Å². The quantitative estimate of drug-likeness (QED) is 0.638. The summed E-state index contributed by atoms with van der Waals surface area (Å²) in [5, 5.41) is 3.65. The minimum atomic E-state index is -0.674. The largest absolute Gasteiger partial charge is 0.462 e. The van der Waals surface area contributed by atoms with E-state index in [-0.39, 0.29) is 18.1 Å². The molecular formula is C20H19ClN2O3. The molecule has 1 unspecified atom stereocenters. The van der Waals surface area contributed by atoms with Crippen LogP contribution in [0, 0.1) is 12.8 Å². The number of rotatable bonds is 5. The third kappa shape index (κ3) is 3.48. The fourth-order valence-corrected chi connectivity index (χ4v) is 3.20. The number of halogens is 1. The highest BCUT2D eigenvalue weighted by Gasteiger charge is 2.36. The molecule has 0 bridgehead atoms. The number of hydrogen-bond donors (Lipinski definition) is 1. The number of dihydropyridines is 1. The van der Waals surface area contributed by atoms with Crippen LogP contribution in [0.3, 0.4) is 0 Å². The maximum absolute atomic E-state index is 12.5. The number of benzene rings is 1. The molecule has 3 rings (SSSR count). The van der Waals surface area contributed by atoms with Crippen molar-refractivity contribution < 1.29 is 14.3 Å². The lowest BCUT2D eigenvalue weighted by Crippen LogP contribution is -2.36. The number of ether oxygens (including phenoxy) is 1. The summed E-state index contributed by atoms with van der Waals surface area (Å²) < 4.78 is 5.07. The number of nitrogens with zero attached hydrogens (tertiary/aromatic N) is 1. The van der Waals surface area contributed by atoms with Crippen LogP contribution in [0.5, 0.6) is 0 Å². The maximum Gasteiger partial charge on any atom is 0.345 e. The standard InChI is InChI=1S/C20H19ClN2O3/c1-3-26-20(25)16-18(22-11-13-8-5-4-7-12(13)2)14-9-6-10-15(21)17(14)23-19(16)24/h4-10,14,22H,3,11H2,1-2H3. The van der Waals surface area contributed by atoms with Crippen molar-refractivity contribution in [3.05, 3.63) is 69.9 Å². The van der Waals surface area contributed by atoms with Gasteiger partial charge in [-0.3, -0.25) is 4.79 Å².